The molecule has 0 unspecified atom stereocenters. The Balaban J connectivity index is 1.94. The Morgan fingerprint density at radius 2 is 1.83 bits per heavy atom. The Bertz CT molecular complexity index is 399. The lowest BCUT2D eigenvalue weighted by molar-refractivity contribution is 0.101. The van der Waals surface area contributed by atoms with E-state index in [-0.39, 0.29) is 5.78 Å². The first-order valence-electron chi connectivity index (χ1n) is 6.66. The number of rotatable bonds is 3. The number of ketones is 1. The van der Waals surface area contributed by atoms with Crippen LogP contribution < -0.4 is 0 Å². The van der Waals surface area contributed by atoms with E-state index in [0.717, 1.165) is 25.2 Å². The minimum absolute atomic E-state index is 0.137. The summed E-state index contributed by atoms with van der Waals surface area (Å²) in [6, 6.07) is 8.01. The van der Waals surface area contributed by atoms with Crippen LogP contribution in [0.1, 0.15) is 29.3 Å². The maximum absolute atomic E-state index is 11.2. The van der Waals surface area contributed by atoms with Gasteiger partial charge in [-0.15, -0.1) is 0 Å². The predicted molar refractivity (Wildman–Crippen MR) is 73.8 cm³/mol. The van der Waals surface area contributed by atoms with Crippen LogP contribution in [0.2, 0.25) is 0 Å². The van der Waals surface area contributed by atoms with Crippen LogP contribution in [0.5, 0.6) is 0 Å². The fraction of sp³-hybridized carbons (Fsp3) is 0.533. The molecule has 0 spiro atoms. The van der Waals surface area contributed by atoms with Crippen molar-refractivity contribution in [2.45, 2.75) is 19.9 Å². The summed E-state index contributed by atoms with van der Waals surface area (Å²) in [5, 5.41) is 0. The average molecular weight is 246 g/mol. The van der Waals surface area contributed by atoms with Gasteiger partial charge in [-0.2, -0.15) is 0 Å². The van der Waals surface area contributed by atoms with Gasteiger partial charge in [0.2, 0.25) is 0 Å². The molecule has 98 valence electrons. The minimum atomic E-state index is 0.137. The Kier molecular flexibility index (Phi) is 4.50. The van der Waals surface area contributed by atoms with E-state index < -0.39 is 0 Å². The third-order valence-corrected chi connectivity index (χ3v) is 3.58. The fourth-order valence-corrected chi connectivity index (χ4v) is 2.36. The quantitative estimate of drug-likeness (QED) is 0.762. The fourth-order valence-electron chi connectivity index (χ4n) is 2.36. The molecule has 1 heterocycles. The third kappa shape index (κ3) is 3.65. The lowest BCUT2D eigenvalue weighted by atomic mass is 10.1. The molecule has 18 heavy (non-hydrogen) atoms. The van der Waals surface area contributed by atoms with Crippen LogP contribution in [-0.4, -0.2) is 48.8 Å². The molecule has 0 aliphatic carbocycles. The molecule has 0 aromatic heterocycles. The SMILES string of the molecule is CC(=O)c1ccc(CN2CCCN(C)CC2)cc1. The third-order valence-electron chi connectivity index (χ3n) is 3.58. The lowest BCUT2D eigenvalue weighted by Crippen LogP contribution is -2.28. The highest BCUT2D eigenvalue weighted by Gasteiger charge is 2.12. The summed E-state index contributed by atoms with van der Waals surface area (Å²) in [7, 11) is 2.19. The van der Waals surface area contributed by atoms with Crippen molar-refractivity contribution in [2.75, 3.05) is 33.2 Å². The van der Waals surface area contributed by atoms with Crippen molar-refractivity contribution in [1.29, 1.82) is 0 Å². The van der Waals surface area contributed by atoms with Crippen LogP contribution in [0.25, 0.3) is 0 Å². The van der Waals surface area contributed by atoms with E-state index in [0.29, 0.717) is 0 Å². The number of hydrogen-bond acceptors (Lipinski definition) is 3. The van der Waals surface area contributed by atoms with Crippen molar-refractivity contribution in [3.8, 4) is 0 Å². The van der Waals surface area contributed by atoms with Crippen molar-refractivity contribution < 1.29 is 4.79 Å². The Morgan fingerprint density at radius 3 is 2.50 bits per heavy atom. The topological polar surface area (TPSA) is 23.6 Å². The summed E-state index contributed by atoms with van der Waals surface area (Å²) in [4.78, 5) is 16.1. The van der Waals surface area contributed by atoms with E-state index in [2.05, 4.69) is 29.0 Å². The molecule has 3 nitrogen and oxygen atoms in total. The van der Waals surface area contributed by atoms with Crippen LogP contribution in [-0.2, 0) is 6.54 Å². The largest absolute Gasteiger partial charge is 0.305 e. The van der Waals surface area contributed by atoms with Gasteiger partial charge < -0.3 is 4.90 Å². The first kappa shape index (κ1) is 13.2. The van der Waals surface area contributed by atoms with Crippen molar-refractivity contribution in [3.05, 3.63) is 35.4 Å². The van der Waals surface area contributed by atoms with E-state index in [1.807, 2.05) is 12.1 Å². The number of carbonyl (C=O) groups is 1. The smallest absolute Gasteiger partial charge is 0.159 e. The molecule has 1 fully saturated rings. The molecule has 1 aliphatic heterocycles. The van der Waals surface area contributed by atoms with Gasteiger partial charge in [0.1, 0.15) is 0 Å². The van der Waals surface area contributed by atoms with Crippen LogP contribution in [0.3, 0.4) is 0 Å². The molecule has 0 bridgehead atoms. The van der Waals surface area contributed by atoms with Crippen molar-refractivity contribution in [3.63, 3.8) is 0 Å². The highest BCUT2D eigenvalue weighted by atomic mass is 16.1. The minimum Gasteiger partial charge on any atom is -0.305 e. The summed E-state index contributed by atoms with van der Waals surface area (Å²) >= 11 is 0. The Morgan fingerprint density at radius 1 is 1.11 bits per heavy atom. The summed E-state index contributed by atoms with van der Waals surface area (Å²) < 4.78 is 0. The van der Waals surface area contributed by atoms with Crippen LogP contribution in [0, 0.1) is 0 Å². The molecule has 1 aromatic carbocycles. The van der Waals surface area contributed by atoms with Crippen LogP contribution in [0.4, 0.5) is 0 Å². The molecule has 2 rings (SSSR count). The van der Waals surface area contributed by atoms with Gasteiger partial charge in [-0.3, -0.25) is 9.69 Å². The van der Waals surface area contributed by atoms with Gasteiger partial charge in [0.25, 0.3) is 0 Å². The number of Topliss-reactive ketones (excluding diaryl/α,β-unsaturated/α-hetero) is 1. The molecule has 0 atom stereocenters. The van der Waals surface area contributed by atoms with Crippen molar-refractivity contribution >= 4 is 5.78 Å². The monoisotopic (exact) mass is 246 g/mol. The molecule has 0 N–H and O–H groups in total. The number of hydrogen-bond donors (Lipinski definition) is 0. The number of nitrogens with zero attached hydrogens (tertiary/aromatic N) is 2. The van der Waals surface area contributed by atoms with Gasteiger partial charge in [0, 0.05) is 25.2 Å². The zero-order chi connectivity index (χ0) is 13.0. The molecule has 1 saturated heterocycles. The highest BCUT2D eigenvalue weighted by Crippen LogP contribution is 2.10. The Labute approximate surface area is 109 Å². The summed E-state index contributed by atoms with van der Waals surface area (Å²) in [6.07, 6.45) is 1.24. The first-order chi connectivity index (χ1) is 8.65. The number of carbonyl (C=O) groups excluding carboxylic acids is 1. The molecule has 3 heteroatoms. The summed E-state index contributed by atoms with van der Waals surface area (Å²) in [6.45, 7) is 7.24. The first-order valence-corrected chi connectivity index (χ1v) is 6.66. The van der Waals surface area contributed by atoms with Gasteiger partial charge in [-0.25, -0.2) is 0 Å². The van der Waals surface area contributed by atoms with Gasteiger partial charge >= 0.3 is 0 Å². The lowest BCUT2D eigenvalue weighted by Gasteiger charge is -2.20. The molecule has 1 aromatic rings. The van der Waals surface area contributed by atoms with E-state index in [1.165, 1.54) is 25.1 Å². The van der Waals surface area contributed by atoms with Crippen molar-refractivity contribution in [2.24, 2.45) is 0 Å². The van der Waals surface area contributed by atoms with Crippen LogP contribution >= 0.6 is 0 Å². The van der Waals surface area contributed by atoms with Crippen LogP contribution in [0.15, 0.2) is 24.3 Å². The van der Waals surface area contributed by atoms with Gasteiger partial charge in [-0.05, 0) is 39.0 Å². The number of benzene rings is 1. The second-order valence-corrected chi connectivity index (χ2v) is 5.19. The van der Waals surface area contributed by atoms with Gasteiger partial charge in [-0.1, -0.05) is 24.3 Å². The summed E-state index contributed by atoms with van der Waals surface area (Å²) in [5.74, 6) is 0.137. The summed E-state index contributed by atoms with van der Waals surface area (Å²) in [5.41, 5.74) is 2.10. The second-order valence-electron chi connectivity index (χ2n) is 5.19. The second kappa shape index (κ2) is 6.12. The molecule has 0 radical (unpaired) electrons. The van der Waals surface area contributed by atoms with Crippen molar-refractivity contribution in [1.82, 2.24) is 9.80 Å². The van der Waals surface area contributed by atoms with Gasteiger partial charge in [0.05, 0.1) is 0 Å². The number of likely N-dealkylation sites (N-methyl/N-ethyl adjacent to an activating group) is 1. The van der Waals surface area contributed by atoms with E-state index in [4.69, 9.17) is 0 Å². The maximum atomic E-state index is 11.2. The molecular formula is C15H22N2O. The predicted octanol–water partition coefficient (Wildman–Crippen LogP) is 2.03. The van der Waals surface area contributed by atoms with Gasteiger partial charge in [0.15, 0.2) is 5.78 Å². The van der Waals surface area contributed by atoms with E-state index in [9.17, 15) is 4.79 Å². The molecule has 0 amide bonds. The zero-order valence-corrected chi connectivity index (χ0v) is 11.4. The molecule has 0 saturated carbocycles. The average Bonchev–Trinajstić information content (AvgIpc) is 2.55. The Hall–Kier alpha value is -1.19. The normalized spacial score (nSPS) is 18.6. The molecular weight excluding hydrogens is 224 g/mol. The standard InChI is InChI=1S/C15H22N2O/c1-13(18)15-6-4-14(5-7-15)12-17-9-3-8-16(2)10-11-17/h4-7H,3,8-12H2,1-2H3. The van der Waals surface area contributed by atoms with E-state index in [1.54, 1.807) is 6.92 Å². The zero-order valence-electron chi connectivity index (χ0n) is 11.4. The maximum Gasteiger partial charge on any atom is 0.159 e. The van der Waals surface area contributed by atoms with E-state index >= 15 is 0 Å². The highest BCUT2D eigenvalue weighted by molar-refractivity contribution is 5.93. The molecule has 1 aliphatic rings.